The Hall–Kier alpha value is -0.0579. The Morgan fingerprint density at radius 2 is 2.11 bits per heavy atom. The molecule has 0 atom stereocenters. The van der Waals surface area contributed by atoms with Gasteiger partial charge in [0.2, 0.25) is 0 Å². The van der Waals surface area contributed by atoms with Crippen LogP contribution in [0, 0.1) is 6.92 Å². The molecular weight excluding hydrogens is 304 g/mol. The van der Waals surface area contributed by atoms with E-state index in [2.05, 4.69) is 0 Å². The number of hydrogen-bond donors (Lipinski definition) is 1. The predicted octanol–water partition coefficient (Wildman–Crippen LogP) is 0.494. The van der Waals surface area contributed by atoms with Crippen molar-refractivity contribution in [3.63, 3.8) is 0 Å². The van der Waals surface area contributed by atoms with Crippen molar-refractivity contribution in [1.82, 2.24) is 0 Å². The van der Waals surface area contributed by atoms with E-state index in [1.54, 1.807) is 6.07 Å². The maximum absolute atomic E-state index is 9.09. The molecule has 9 heavy (non-hydrogen) atoms. The molecule has 0 aromatic heterocycles. The Balaban J connectivity index is 3.17. The van der Waals surface area contributed by atoms with Gasteiger partial charge in [-0.05, 0) is 0 Å². The second kappa shape index (κ2) is 2.68. The van der Waals surface area contributed by atoms with Crippen LogP contribution in [0.1, 0.15) is 5.56 Å². The van der Waals surface area contributed by atoms with Crippen LogP contribution in [0.3, 0.4) is 0 Å². The summed E-state index contributed by atoms with van der Waals surface area (Å²) in [6.45, 7) is 2.03. The molecule has 0 bridgehead atoms. The van der Waals surface area contributed by atoms with Gasteiger partial charge in [0.25, 0.3) is 0 Å². The van der Waals surface area contributed by atoms with Crippen molar-refractivity contribution in [2.24, 2.45) is 0 Å². The normalized spacial score (nSPS) is 9.33. The van der Waals surface area contributed by atoms with Crippen molar-refractivity contribution in [1.29, 1.82) is 0 Å². The molecule has 1 aromatic rings. The van der Waals surface area contributed by atoms with Crippen molar-refractivity contribution in [3.05, 3.63) is 23.8 Å². The van der Waals surface area contributed by atoms with E-state index in [-0.39, 0.29) is 0 Å². The number of rotatable bonds is 0. The predicted molar refractivity (Wildman–Crippen MR) is 38.2 cm³/mol. The van der Waals surface area contributed by atoms with Gasteiger partial charge in [-0.25, -0.2) is 0 Å². The van der Waals surface area contributed by atoms with Crippen LogP contribution in [0.25, 0.3) is 0 Å². The summed E-state index contributed by atoms with van der Waals surface area (Å²) >= 11 is 0.731. The van der Waals surface area contributed by atoms with Gasteiger partial charge in [0, 0.05) is 0 Å². The standard InChI is InChI=1S/C7H7O.Tl/c1-6-2-4-7(8)5-3-6;/h2-4,8H,1H3;. The molecule has 1 N–H and O–H groups in total. The molecule has 0 heterocycles. The van der Waals surface area contributed by atoms with E-state index in [0.29, 0.717) is 5.75 Å². The van der Waals surface area contributed by atoms with Gasteiger partial charge in [0.15, 0.2) is 0 Å². The second-order valence-corrected chi connectivity index (χ2v) is 4.48. The Kier molecular flexibility index (Phi) is 2.10. The Morgan fingerprint density at radius 1 is 1.44 bits per heavy atom. The van der Waals surface area contributed by atoms with Gasteiger partial charge in [-0.3, -0.25) is 0 Å². The molecule has 1 nitrogen and oxygen atoms in total. The van der Waals surface area contributed by atoms with Gasteiger partial charge in [-0.2, -0.15) is 0 Å². The zero-order valence-corrected chi connectivity index (χ0v) is 9.75. The van der Waals surface area contributed by atoms with E-state index in [0.717, 1.165) is 28.9 Å². The van der Waals surface area contributed by atoms with Crippen molar-refractivity contribution >= 4 is 28.9 Å². The summed E-state index contributed by atoms with van der Waals surface area (Å²) in [5.41, 5.74) is 1.23. The molecule has 0 aliphatic carbocycles. The summed E-state index contributed by atoms with van der Waals surface area (Å²) in [7, 11) is 0. The molecule has 0 aliphatic rings. The monoisotopic (exact) mass is 312 g/mol. The van der Waals surface area contributed by atoms with Crippen molar-refractivity contribution < 1.29 is 5.11 Å². The first-order valence-electron chi connectivity index (χ1n) is 2.75. The summed E-state index contributed by atoms with van der Waals surface area (Å²) < 4.78 is 1.11. The molecule has 0 saturated carbocycles. The fourth-order valence-electron chi connectivity index (χ4n) is 0.674. The van der Waals surface area contributed by atoms with Crippen LogP contribution in [-0.2, 0) is 0 Å². The Bertz CT molecular complexity index is 220. The van der Waals surface area contributed by atoms with E-state index in [1.807, 2.05) is 19.1 Å². The van der Waals surface area contributed by atoms with Crippen LogP contribution in [0.15, 0.2) is 18.2 Å². The van der Waals surface area contributed by atoms with Gasteiger partial charge in [0.05, 0.1) is 0 Å². The fraction of sp³-hybridized carbons (Fsp3) is 0.143. The molecule has 1 aromatic carbocycles. The van der Waals surface area contributed by atoms with Gasteiger partial charge in [-0.1, -0.05) is 0 Å². The number of aryl methyl sites for hydroxylation is 1. The van der Waals surface area contributed by atoms with Crippen LogP contribution in [0.2, 0.25) is 0 Å². The van der Waals surface area contributed by atoms with Crippen LogP contribution >= 0.6 is 0 Å². The number of phenolic OH excluding ortho intramolecular Hbond substituents is 1. The summed E-state index contributed by atoms with van der Waals surface area (Å²) in [4.78, 5) is 0. The Morgan fingerprint density at radius 3 is 2.56 bits per heavy atom. The molecular formula is C7H7OTl. The molecule has 0 unspecified atom stereocenters. The average Bonchev–Trinajstić information content (AvgIpc) is 1.80. The van der Waals surface area contributed by atoms with Crippen molar-refractivity contribution in [3.8, 4) is 5.75 Å². The van der Waals surface area contributed by atoms with Gasteiger partial charge < -0.3 is 0 Å². The molecule has 0 radical (unpaired) electrons. The first kappa shape index (κ1) is 7.05. The zero-order chi connectivity index (χ0) is 6.85. The number of aromatic hydroxyl groups is 1. The third kappa shape index (κ3) is 1.67. The van der Waals surface area contributed by atoms with E-state index < -0.39 is 0 Å². The van der Waals surface area contributed by atoms with E-state index in [1.165, 1.54) is 5.56 Å². The summed E-state index contributed by atoms with van der Waals surface area (Å²) in [5, 5.41) is 9.09. The van der Waals surface area contributed by atoms with Gasteiger partial charge >= 0.3 is 70.4 Å². The number of hydrogen-bond acceptors (Lipinski definition) is 1. The van der Waals surface area contributed by atoms with Crippen LogP contribution < -0.4 is 3.12 Å². The second-order valence-electron chi connectivity index (χ2n) is 2.06. The van der Waals surface area contributed by atoms with Crippen LogP contribution in [-0.4, -0.2) is 30.9 Å². The zero-order valence-electron chi connectivity index (χ0n) is 5.26. The topological polar surface area (TPSA) is 20.2 Å². The first-order valence-corrected chi connectivity index (χ1v) is 4.99. The van der Waals surface area contributed by atoms with Crippen LogP contribution in [0.5, 0.6) is 5.75 Å². The average molecular weight is 312 g/mol. The molecule has 0 fully saturated rings. The summed E-state index contributed by atoms with van der Waals surface area (Å²) in [6.07, 6.45) is 0. The SMILES string of the molecule is Cc1ccc(O)[c]([Tl])c1. The molecule has 0 aliphatic heterocycles. The molecule has 0 amide bonds. The molecule has 2 heteroatoms. The van der Waals surface area contributed by atoms with Crippen LogP contribution in [0.4, 0.5) is 0 Å². The van der Waals surface area contributed by atoms with Crippen molar-refractivity contribution in [2.75, 3.05) is 0 Å². The molecule has 0 spiro atoms. The van der Waals surface area contributed by atoms with Crippen molar-refractivity contribution in [2.45, 2.75) is 6.92 Å². The summed E-state index contributed by atoms with van der Waals surface area (Å²) in [5.74, 6) is 0.450. The fourth-order valence-corrected chi connectivity index (χ4v) is 2.07. The minimum atomic E-state index is 0.450. The molecule has 0 saturated heterocycles. The van der Waals surface area contributed by atoms with E-state index >= 15 is 0 Å². The third-order valence-corrected chi connectivity index (χ3v) is 2.98. The van der Waals surface area contributed by atoms with E-state index in [9.17, 15) is 0 Å². The first-order chi connectivity index (χ1) is 4.20. The Labute approximate surface area is 70.4 Å². The molecule has 44 valence electrons. The van der Waals surface area contributed by atoms with E-state index in [4.69, 9.17) is 5.11 Å². The van der Waals surface area contributed by atoms with Gasteiger partial charge in [-0.15, -0.1) is 0 Å². The quantitative estimate of drug-likeness (QED) is 0.692. The minimum absolute atomic E-state index is 0.450. The third-order valence-electron chi connectivity index (χ3n) is 1.18. The number of benzene rings is 1. The number of phenols is 1. The maximum atomic E-state index is 9.09. The van der Waals surface area contributed by atoms with Gasteiger partial charge in [0.1, 0.15) is 0 Å². The summed E-state index contributed by atoms with van der Waals surface area (Å²) in [6, 6.07) is 5.70. The molecule has 1 rings (SSSR count).